The van der Waals surface area contributed by atoms with Crippen LogP contribution >= 0.6 is 11.6 Å². The fourth-order valence-electron chi connectivity index (χ4n) is 5.80. The highest BCUT2D eigenvalue weighted by Crippen LogP contribution is 2.51. The summed E-state index contributed by atoms with van der Waals surface area (Å²) in [6, 6.07) is 10.2. The molecule has 194 valence electrons. The highest BCUT2D eigenvalue weighted by Gasteiger charge is 2.41. The number of anilines is 1. The van der Waals surface area contributed by atoms with Crippen LogP contribution in [0.4, 0.5) is 5.69 Å². The number of carbonyl (C=O) groups excluding carboxylic acids is 1. The molecule has 0 fully saturated rings. The number of nitrogens with zero attached hydrogens (tertiary/aromatic N) is 1. The molecule has 0 bridgehead atoms. The summed E-state index contributed by atoms with van der Waals surface area (Å²) in [4.78, 5) is 40.9. The van der Waals surface area contributed by atoms with Gasteiger partial charge in [-0.1, -0.05) is 39.3 Å². The van der Waals surface area contributed by atoms with Crippen molar-refractivity contribution in [3.05, 3.63) is 90.6 Å². The lowest BCUT2D eigenvalue weighted by atomic mass is 9.69. The van der Waals surface area contributed by atoms with Gasteiger partial charge >= 0.3 is 11.3 Å². The van der Waals surface area contributed by atoms with Crippen LogP contribution in [-0.4, -0.2) is 18.9 Å². The minimum Gasteiger partial charge on any atom is -0.422 e. The number of ketones is 1. The van der Waals surface area contributed by atoms with E-state index < -0.39 is 17.0 Å². The zero-order valence-corrected chi connectivity index (χ0v) is 22.6. The van der Waals surface area contributed by atoms with E-state index in [9.17, 15) is 14.4 Å². The van der Waals surface area contributed by atoms with E-state index in [1.807, 2.05) is 0 Å². The molecule has 0 N–H and O–H groups in total. The van der Waals surface area contributed by atoms with E-state index in [-0.39, 0.29) is 22.0 Å². The molecule has 0 saturated carbocycles. The topological polar surface area (TPSA) is 80.7 Å². The van der Waals surface area contributed by atoms with E-state index in [1.165, 1.54) is 29.5 Å². The van der Waals surface area contributed by atoms with Crippen LogP contribution in [0.25, 0.3) is 28.0 Å². The molecule has 0 spiro atoms. The molecule has 0 saturated heterocycles. The number of allylic oxidation sites excluding steroid dienone is 1. The lowest BCUT2D eigenvalue weighted by Gasteiger charge is -2.48. The van der Waals surface area contributed by atoms with Crippen molar-refractivity contribution >= 4 is 51.1 Å². The Bertz CT molecular complexity index is 1810. The molecule has 2 aromatic heterocycles. The largest absolute Gasteiger partial charge is 0.422 e. The van der Waals surface area contributed by atoms with Crippen molar-refractivity contribution in [3.8, 4) is 0 Å². The Kier molecular flexibility index (Phi) is 5.48. The smallest absolute Gasteiger partial charge is 0.347 e. The third-order valence-corrected chi connectivity index (χ3v) is 8.37. The Labute approximate surface area is 224 Å². The van der Waals surface area contributed by atoms with E-state index in [4.69, 9.17) is 20.4 Å². The maximum atomic E-state index is 13.1. The molecule has 4 heterocycles. The minimum atomic E-state index is -0.750. The zero-order chi connectivity index (χ0) is 27.0. The number of halogens is 1. The molecule has 0 atom stereocenters. The molecule has 6 rings (SSSR count). The van der Waals surface area contributed by atoms with Gasteiger partial charge in [-0.05, 0) is 77.8 Å². The number of hydrogen-bond acceptors (Lipinski definition) is 6. The average molecular weight is 530 g/mol. The molecule has 0 radical (unpaired) electrons. The molecule has 4 aromatic rings. The van der Waals surface area contributed by atoms with Crippen molar-refractivity contribution in [1.29, 1.82) is 0 Å². The molecule has 6 nitrogen and oxygen atoms in total. The molecule has 2 aromatic carbocycles. The summed E-state index contributed by atoms with van der Waals surface area (Å²) in [7, 11) is 0. The molecule has 2 aliphatic heterocycles. The van der Waals surface area contributed by atoms with Crippen molar-refractivity contribution in [1.82, 2.24) is 0 Å². The Morgan fingerprint density at radius 1 is 0.921 bits per heavy atom. The summed E-state index contributed by atoms with van der Waals surface area (Å²) in [6.07, 6.45) is 4.63. The third-order valence-electron chi connectivity index (χ3n) is 8.13. The molecule has 2 aliphatic rings. The monoisotopic (exact) mass is 529 g/mol. The molecule has 38 heavy (non-hydrogen) atoms. The van der Waals surface area contributed by atoms with Crippen molar-refractivity contribution in [2.75, 3.05) is 18.0 Å². The van der Waals surface area contributed by atoms with Gasteiger partial charge in [-0.25, -0.2) is 9.59 Å². The van der Waals surface area contributed by atoms with Gasteiger partial charge in [0.25, 0.3) is 0 Å². The molecule has 7 heteroatoms. The number of hydrogen-bond donors (Lipinski definition) is 0. The Morgan fingerprint density at radius 3 is 2.42 bits per heavy atom. The van der Waals surface area contributed by atoms with Gasteiger partial charge in [-0.2, -0.15) is 0 Å². The highest BCUT2D eigenvalue weighted by atomic mass is 35.5. The summed E-state index contributed by atoms with van der Waals surface area (Å²) in [5, 5.41) is 1.83. The number of benzene rings is 2. The maximum Gasteiger partial charge on any atom is 0.347 e. The van der Waals surface area contributed by atoms with Gasteiger partial charge in [0.2, 0.25) is 0 Å². The van der Waals surface area contributed by atoms with Gasteiger partial charge in [0.15, 0.2) is 5.78 Å². The molecule has 0 unspecified atom stereocenters. The van der Waals surface area contributed by atoms with Crippen LogP contribution in [0.5, 0.6) is 0 Å². The molecule has 0 amide bonds. The summed E-state index contributed by atoms with van der Waals surface area (Å²) in [6.45, 7) is 10.9. The van der Waals surface area contributed by atoms with Gasteiger partial charge in [0, 0.05) is 40.1 Å². The minimum absolute atomic E-state index is 0.0166. The van der Waals surface area contributed by atoms with Gasteiger partial charge in [0.1, 0.15) is 16.7 Å². The van der Waals surface area contributed by atoms with Gasteiger partial charge in [-0.3, -0.25) is 4.79 Å². The third kappa shape index (κ3) is 3.90. The number of rotatable bonds is 3. The van der Waals surface area contributed by atoms with Crippen molar-refractivity contribution in [3.63, 3.8) is 0 Å². The predicted octanol–water partition coefficient (Wildman–Crippen LogP) is 6.62. The summed E-state index contributed by atoms with van der Waals surface area (Å²) in [5.74, 6) is -0.571. The normalized spacial score (nSPS) is 17.8. The fraction of sp³-hybridized carbons (Fsp3) is 0.323. The number of fused-ring (bicyclic) bond motifs is 3. The van der Waals surface area contributed by atoms with Crippen molar-refractivity contribution in [2.24, 2.45) is 0 Å². The molecular weight excluding hydrogens is 502 g/mol. The first kappa shape index (κ1) is 24.7. The van der Waals surface area contributed by atoms with Crippen LogP contribution in [0, 0.1) is 0 Å². The van der Waals surface area contributed by atoms with Crippen LogP contribution in [0.3, 0.4) is 0 Å². The Hall–Kier alpha value is -3.64. The van der Waals surface area contributed by atoms with Crippen LogP contribution in [0.15, 0.2) is 60.9 Å². The summed E-state index contributed by atoms with van der Waals surface area (Å²) >= 11 is 6.04. The highest BCUT2D eigenvalue weighted by molar-refractivity contribution is 6.31. The SMILES string of the molecule is CC1(C)CCN2CCC(C)(C)c3c2c1cc1cc(/C=C/C(=O)c2cc4cc(Cl)ccc4oc2=O)c(=O)oc31. The van der Waals surface area contributed by atoms with E-state index in [0.717, 1.165) is 36.9 Å². The van der Waals surface area contributed by atoms with Crippen molar-refractivity contribution < 1.29 is 13.6 Å². The Morgan fingerprint density at radius 2 is 1.66 bits per heavy atom. The second kappa shape index (κ2) is 8.43. The van der Waals surface area contributed by atoms with Gasteiger partial charge in [0.05, 0.1) is 5.56 Å². The van der Waals surface area contributed by atoms with Gasteiger partial charge in [-0.15, -0.1) is 0 Å². The lowest BCUT2D eigenvalue weighted by molar-refractivity contribution is 0.104. The summed E-state index contributed by atoms with van der Waals surface area (Å²) < 4.78 is 11.2. The van der Waals surface area contributed by atoms with E-state index in [2.05, 4.69) is 38.7 Å². The first-order valence-electron chi connectivity index (χ1n) is 12.8. The van der Waals surface area contributed by atoms with Crippen molar-refractivity contribution in [2.45, 2.75) is 51.4 Å². The standard InChI is InChI=1S/C31H28ClNO5/c1-30(2)9-11-33-12-10-31(3,4)25-26(33)22(30)16-19-13-17(28(35)38-27(19)25)5-7-23(34)21-15-18-14-20(32)6-8-24(18)37-29(21)36/h5-8,13-16H,9-12H2,1-4H3/b7-5+. The second-order valence-electron chi connectivity index (χ2n) is 11.6. The number of carbonyl (C=O) groups is 1. The quantitative estimate of drug-likeness (QED) is 0.168. The second-order valence-corrected chi connectivity index (χ2v) is 12.1. The molecule has 0 aliphatic carbocycles. The van der Waals surface area contributed by atoms with Crippen LogP contribution < -0.4 is 16.2 Å². The average Bonchev–Trinajstić information content (AvgIpc) is 2.85. The fourth-order valence-corrected chi connectivity index (χ4v) is 5.99. The Balaban J connectivity index is 1.46. The van der Waals surface area contributed by atoms with Gasteiger partial charge < -0.3 is 13.7 Å². The zero-order valence-electron chi connectivity index (χ0n) is 21.8. The maximum absolute atomic E-state index is 13.1. The summed E-state index contributed by atoms with van der Waals surface area (Å²) in [5.41, 5.74) is 3.15. The predicted molar refractivity (Wildman–Crippen MR) is 151 cm³/mol. The lowest BCUT2D eigenvalue weighted by Crippen LogP contribution is -2.44. The first-order valence-corrected chi connectivity index (χ1v) is 13.2. The van der Waals surface area contributed by atoms with E-state index in [0.29, 0.717) is 21.6 Å². The van der Waals surface area contributed by atoms with E-state index >= 15 is 0 Å². The molecular formula is C31H28ClNO5. The van der Waals surface area contributed by atoms with Crippen LogP contribution in [-0.2, 0) is 10.8 Å². The van der Waals surface area contributed by atoms with Crippen LogP contribution in [0.1, 0.15) is 67.6 Å². The van der Waals surface area contributed by atoms with E-state index in [1.54, 1.807) is 24.3 Å². The first-order chi connectivity index (χ1) is 17.9. The van der Waals surface area contributed by atoms with Crippen LogP contribution in [0.2, 0.25) is 5.02 Å².